The molecule has 0 unspecified atom stereocenters. The molecule has 0 aromatic heterocycles. The van der Waals surface area contributed by atoms with Crippen molar-refractivity contribution in [2.75, 3.05) is 39.6 Å². The summed E-state index contributed by atoms with van der Waals surface area (Å²) in [5, 5.41) is 0. The molecule has 0 saturated heterocycles. The van der Waals surface area contributed by atoms with Gasteiger partial charge in [-0.15, -0.1) is 0 Å². The molecule has 0 aliphatic heterocycles. The minimum absolute atomic E-state index is 0. The van der Waals surface area contributed by atoms with E-state index < -0.39 is 17.6 Å². The predicted molar refractivity (Wildman–Crippen MR) is 96.6 cm³/mol. The molecular weight excluding hydrogens is 348 g/mol. The third kappa shape index (κ3) is 9.46. The molecule has 0 N–H and O–H groups in total. The van der Waals surface area contributed by atoms with Crippen LogP contribution in [-0.2, 0) is 26.6 Å². The highest BCUT2D eigenvalue weighted by Gasteiger charge is 2.48. The maximum absolute atomic E-state index is 5.89. The first kappa shape index (κ1) is 25.6. The molecule has 0 atom stereocenters. The van der Waals surface area contributed by atoms with Gasteiger partial charge in [0.05, 0.1) is 0 Å². The van der Waals surface area contributed by atoms with Crippen molar-refractivity contribution in [3.05, 3.63) is 0 Å². The van der Waals surface area contributed by atoms with E-state index in [-0.39, 0.29) is 11.0 Å². The molecule has 0 heterocycles. The molecule has 6 nitrogen and oxygen atoms in total. The van der Waals surface area contributed by atoms with Crippen molar-refractivity contribution in [3.63, 3.8) is 0 Å². The van der Waals surface area contributed by atoms with E-state index in [4.69, 9.17) is 26.6 Å². The molecule has 0 bridgehead atoms. The molecule has 138 valence electrons. The lowest BCUT2D eigenvalue weighted by atomic mass is 10.9. The van der Waals surface area contributed by atoms with Gasteiger partial charge < -0.3 is 26.6 Å². The summed E-state index contributed by atoms with van der Waals surface area (Å²) in [5.74, 6) is 0. The molecule has 0 rings (SSSR count). The van der Waals surface area contributed by atoms with Gasteiger partial charge in [-0.3, -0.25) is 0 Å². The van der Waals surface area contributed by atoms with Crippen LogP contribution < -0.4 is 0 Å². The molecule has 0 spiro atoms. The zero-order chi connectivity index (χ0) is 16.9. The van der Waals surface area contributed by atoms with Crippen LogP contribution >= 0.6 is 0 Å². The largest absolute Gasteiger partial charge is 0.500 e. The number of rotatable bonds is 15. The summed E-state index contributed by atoms with van der Waals surface area (Å²) >= 11 is 0. The predicted octanol–water partition coefficient (Wildman–Crippen LogP) is 2.70. The third-order valence-corrected chi connectivity index (χ3v) is 9.52. The SMILES string of the molecule is CCO[Si](CC[Si](OCC)(OCC)OCC)(OCC)OCC.[Si]. The topological polar surface area (TPSA) is 55.4 Å². The van der Waals surface area contributed by atoms with Crippen molar-refractivity contribution >= 4 is 28.6 Å². The van der Waals surface area contributed by atoms with E-state index in [2.05, 4.69) is 0 Å². The van der Waals surface area contributed by atoms with Crippen LogP contribution in [0.3, 0.4) is 0 Å². The summed E-state index contributed by atoms with van der Waals surface area (Å²) in [6.07, 6.45) is 0. The average molecular weight is 383 g/mol. The maximum atomic E-state index is 5.89. The zero-order valence-corrected chi connectivity index (χ0v) is 18.6. The Balaban J connectivity index is 0. The van der Waals surface area contributed by atoms with Gasteiger partial charge in [-0.2, -0.15) is 0 Å². The molecule has 23 heavy (non-hydrogen) atoms. The van der Waals surface area contributed by atoms with Crippen LogP contribution in [0, 0.1) is 0 Å². The number of hydrogen-bond acceptors (Lipinski definition) is 6. The highest BCUT2D eigenvalue weighted by Crippen LogP contribution is 2.26. The maximum Gasteiger partial charge on any atom is 0.500 e. The normalized spacial score (nSPS) is 12.3. The molecule has 0 amide bonds. The smallest absolute Gasteiger partial charge is 0.374 e. The standard InChI is InChI=1S/C14H34O6Si2.Si/c1-7-15-21(16-8-2,17-9-3)13-14-22(18-10-4,19-11-5)20-12-6;/h7-14H2,1-6H3;. The van der Waals surface area contributed by atoms with Gasteiger partial charge in [0.1, 0.15) is 0 Å². The van der Waals surface area contributed by atoms with E-state index in [1.807, 2.05) is 41.5 Å². The Bertz CT molecular complexity index is 211. The van der Waals surface area contributed by atoms with Crippen molar-refractivity contribution in [1.29, 1.82) is 0 Å². The highest BCUT2D eigenvalue weighted by molar-refractivity contribution is 6.66. The van der Waals surface area contributed by atoms with Crippen LogP contribution in [0.25, 0.3) is 0 Å². The molecule has 0 aliphatic rings. The van der Waals surface area contributed by atoms with Crippen LogP contribution in [-0.4, -0.2) is 68.2 Å². The number of hydrogen-bond donors (Lipinski definition) is 0. The Morgan fingerprint density at radius 1 is 0.435 bits per heavy atom. The van der Waals surface area contributed by atoms with Crippen molar-refractivity contribution in [2.24, 2.45) is 0 Å². The van der Waals surface area contributed by atoms with E-state index >= 15 is 0 Å². The van der Waals surface area contributed by atoms with Crippen molar-refractivity contribution in [3.8, 4) is 0 Å². The Hall–Kier alpha value is 0.411. The Morgan fingerprint density at radius 2 is 0.609 bits per heavy atom. The lowest BCUT2D eigenvalue weighted by Crippen LogP contribution is -2.51. The van der Waals surface area contributed by atoms with E-state index in [0.717, 1.165) is 0 Å². The summed E-state index contributed by atoms with van der Waals surface area (Å²) in [5.41, 5.74) is 0. The summed E-state index contributed by atoms with van der Waals surface area (Å²) in [4.78, 5) is 0. The minimum Gasteiger partial charge on any atom is -0.374 e. The molecule has 0 aromatic rings. The molecule has 4 radical (unpaired) electrons. The molecular formula is C14H34O6Si3. The van der Waals surface area contributed by atoms with Gasteiger partial charge in [0.15, 0.2) is 0 Å². The third-order valence-electron chi connectivity index (χ3n) is 2.92. The molecule has 0 aliphatic carbocycles. The van der Waals surface area contributed by atoms with E-state index in [0.29, 0.717) is 51.7 Å². The first-order chi connectivity index (χ1) is 10.6. The van der Waals surface area contributed by atoms with E-state index in [1.54, 1.807) is 0 Å². The van der Waals surface area contributed by atoms with Gasteiger partial charge in [-0.25, -0.2) is 0 Å². The fourth-order valence-corrected chi connectivity index (χ4v) is 8.76. The summed E-state index contributed by atoms with van der Waals surface area (Å²) < 4.78 is 35.3. The first-order valence-electron chi connectivity index (χ1n) is 8.41. The van der Waals surface area contributed by atoms with Gasteiger partial charge >= 0.3 is 17.6 Å². The molecule has 0 saturated carbocycles. The summed E-state index contributed by atoms with van der Waals surface area (Å²) in [7, 11) is -5.40. The van der Waals surface area contributed by atoms with Gasteiger partial charge in [-0.05, 0) is 41.5 Å². The Morgan fingerprint density at radius 3 is 0.739 bits per heavy atom. The van der Waals surface area contributed by atoms with Crippen LogP contribution in [0.1, 0.15) is 41.5 Å². The average Bonchev–Trinajstić information content (AvgIpc) is 2.47. The molecule has 0 aromatic carbocycles. The van der Waals surface area contributed by atoms with Crippen LogP contribution in [0.15, 0.2) is 0 Å². The zero-order valence-electron chi connectivity index (χ0n) is 15.6. The summed E-state index contributed by atoms with van der Waals surface area (Å²) in [6, 6.07) is 1.30. The summed E-state index contributed by atoms with van der Waals surface area (Å²) in [6.45, 7) is 15.1. The first-order valence-corrected chi connectivity index (χ1v) is 12.3. The lowest BCUT2D eigenvalue weighted by Gasteiger charge is -2.33. The van der Waals surface area contributed by atoms with Crippen molar-refractivity contribution in [1.82, 2.24) is 0 Å². The van der Waals surface area contributed by atoms with Gasteiger partial charge in [-0.1, -0.05) is 0 Å². The van der Waals surface area contributed by atoms with Crippen LogP contribution in [0.5, 0.6) is 0 Å². The van der Waals surface area contributed by atoms with Crippen LogP contribution in [0.2, 0.25) is 12.1 Å². The Labute approximate surface area is 148 Å². The monoisotopic (exact) mass is 382 g/mol. The van der Waals surface area contributed by atoms with Gasteiger partial charge in [0.25, 0.3) is 0 Å². The highest BCUT2D eigenvalue weighted by atomic mass is 28.4. The second-order valence-corrected chi connectivity index (χ2v) is 9.93. The lowest BCUT2D eigenvalue weighted by molar-refractivity contribution is 0.0584. The second-order valence-electron chi connectivity index (χ2n) is 4.46. The van der Waals surface area contributed by atoms with Crippen LogP contribution in [0.4, 0.5) is 0 Å². The minimum atomic E-state index is -2.70. The van der Waals surface area contributed by atoms with Crippen molar-refractivity contribution < 1.29 is 26.6 Å². The van der Waals surface area contributed by atoms with Gasteiger partial charge in [0, 0.05) is 62.7 Å². The van der Waals surface area contributed by atoms with Crippen molar-refractivity contribution in [2.45, 2.75) is 53.6 Å². The fraction of sp³-hybridized carbons (Fsp3) is 1.00. The quantitative estimate of drug-likeness (QED) is 0.406. The van der Waals surface area contributed by atoms with E-state index in [9.17, 15) is 0 Å². The van der Waals surface area contributed by atoms with Gasteiger partial charge in [0.2, 0.25) is 0 Å². The van der Waals surface area contributed by atoms with E-state index in [1.165, 1.54) is 0 Å². The Kier molecular flexibility index (Phi) is 16.4. The second kappa shape index (κ2) is 14.7. The molecule has 9 heteroatoms. The fourth-order valence-electron chi connectivity index (χ4n) is 2.31. The molecule has 0 fully saturated rings.